The van der Waals surface area contributed by atoms with Crippen LogP contribution in [-0.2, 0) is 6.42 Å². The molecule has 3 rings (SSSR count). The number of nitrogens with zero attached hydrogens (tertiary/aromatic N) is 1. The molecular weight excluding hydrogens is 305 g/mol. The number of hydrogen-bond acceptors (Lipinski definition) is 2. The van der Waals surface area contributed by atoms with Crippen LogP contribution in [0.15, 0.2) is 54.7 Å². The largest absolute Gasteiger partial charge is 0.388 e. The zero-order valence-corrected chi connectivity index (χ0v) is 12.6. The lowest BCUT2D eigenvalue weighted by atomic mass is 10.00. The van der Waals surface area contributed by atoms with E-state index in [4.69, 9.17) is 23.2 Å². The molecule has 0 aliphatic heterocycles. The Kier molecular flexibility index (Phi) is 4.11. The molecule has 0 saturated heterocycles. The normalized spacial score (nSPS) is 12.5. The molecule has 3 aromatic rings. The molecule has 21 heavy (non-hydrogen) atoms. The Labute approximate surface area is 133 Å². The maximum Gasteiger partial charge on any atom is 0.0831 e. The number of aliphatic hydroxyl groups is 1. The Hall–Kier alpha value is -1.61. The molecule has 0 saturated carbocycles. The van der Waals surface area contributed by atoms with Crippen LogP contribution < -0.4 is 0 Å². The minimum absolute atomic E-state index is 0.379. The summed E-state index contributed by atoms with van der Waals surface area (Å²) in [5, 5.41) is 12.6. The number of fused-ring (bicyclic) bond motifs is 1. The predicted molar refractivity (Wildman–Crippen MR) is 86.9 cm³/mol. The maximum absolute atomic E-state index is 10.4. The molecule has 0 fully saturated rings. The van der Waals surface area contributed by atoms with E-state index in [9.17, 15) is 5.11 Å². The number of aromatic nitrogens is 1. The fourth-order valence-corrected chi connectivity index (χ4v) is 2.89. The van der Waals surface area contributed by atoms with Crippen molar-refractivity contribution in [1.82, 2.24) is 4.98 Å². The molecule has 106 valence electrons. The summed E-state index contributed by atoms with van der Waals surface area (Å²) in [7, 11) is 0. The fraction of sp³-hybridized carbons (Fsp3) is 0.118. The highest BCUT2D eigenvalue weighted by Crippen LogP contribution is 2.30. The summed E-state index contributed by atoms with van der Waals surface area (Å²) in [6.45, 7) is 0. The van der Waals surface area contributed by atoms with E-state index in [1.165, 1.54) is 0 Å². The molecule has 2 aromatic carbocycles. The third-order valence-corrected chi connectivity index (χ3v) is 4.18. The van der Waals surface area contributed by atoms with Gasteiger partial charge in [-0.15, -0.1) is 0 Å². The van der Waals surface area contributed by atoms with E-state index < -0.39 is 6.10 Å². The zero-order chi connectivity index (χ0) is 14.8. The molecule has 0 aliphatic rings. The summed E-state index contributed by atoms with van der Waals surface area (Å²) in [6, 6.07) is 14.9. The van der Waals surface area contributed by atoms with Crippen LogP contribution in [-0.4, -0.2) is 10.1 Å². The van der Waals surface area contributed by atoms with Crippen molar-refractivity contribution in [2.24, 2.45) is 0 Å². The molecule has 1 N–H and O–H groups in total. The second-order valence-electron chi connectivity index (χ2n) is 4.88. The van der Waals surface area contributed by atoms with Crippen LogP contribution in [0.1, 0.15) is 17.2 Å². The van der Waals surface area contributed by atoms with Gasteiger partial charge in [-0.1, -0.05) is 41.4 Å². The fourth-order valence-electron chi connectivity index (χ4n) is 2.34. The quantitative estimate of drug-likeness (QED) is 0.751. The monoisotopic (exact) mass is 317 g/mol. The van der Waals surface area contributed by atoms with E-state index >= 15 is 0 Å². The Morgan fingerprint density at radius 1 is 1.00 bits per heavy atom. The minimum atomic E-state index is -0.660. The van der Waals surface area contributed by atoms with Crippen LogP contribution in [0.3, 0.4) is 0 Å². The van der Waals surface area contributed by atoms with Gasteiger partial charge in [0, 0.05) is 28.0 Å². The van der Waals surface area contributed by atoms with E-state index in [2.05, 4.69) is 4.98 Å². The number of rotatable bonds is 3. The number of benzene rings is 2. The minimum Gasteiger partial charge on any atom is -0.388 e. The summed E-state index contributed by atoms with van der Waals surface area (Å²) < 4.78 is 0. The second-order valence-corrected chi connectivity index (χ2v) is 5.69. The molecule has 1 unspecified atom stereocenters. The van der Waals surface area contributed by atoms with Gasteiger partial charge in [-0.25, -0.2) is 0 Å². The van der Waals surface area contributed by atoms with E-state index in [0.29, 0.717) is 16.5 Å². The van der Waals surface area contributed by atoms with Gasteiger partial charge in [-0.05, 0) is 41.5 Å². The SMILES string of the molecule is OC(Cc1c(Cl)cccc1Cl)c1ccc2ncccc2c1. The number of aliphatic hydroxyl groups excluding tert-OH is 1. The average Bonchev–Trinajstić information content (AvgIpc) is 2.50. The lowest BCUT2D eigenvalue weighted by molar-refractivity contribution is 0.178. The van der Waals surface area contributed by atoms with Crippen molar-refractivity contribution >= 4 is 34.1 Å². The summed E-state index contributed by atoms with van der Waals surface area (Å²) in [5.41, 5.74) is 2.50. The lowest BCUT2D eigenvalue weighted by Crippen LogP contribution is -2.03. The van der Waals surface area contributed by atoms with Crippen molar-refractivity contribution in [2.75, 3.05) is 0 Å². The van der Waals surface area contributed by atoms with E-state index in [-0.39, 0.29) is 0 Å². The third-order valence-electron chi connectivity index (χ3n) is 3.47. The van der Waals surface area contributed by atoms with Crippen LogP contribution in [0.4, 0.5) is 0 Å². The highest BCUT2D eigenvalue weighted by Gasteiger charge is 2.14. The standard InChI is InChI=1S/C17H13Cl2NO/c18-14-4-1-5-15(19)13(14)10-17(21)12-6-7-16-11(9-12)3-2-8-20-16/h1-9,17,21H,10H2. The molecule has 0 aliphatic carbocycles. The molecule has 1 heterocycles. The van der Waals surface area contributed by atoms with Gasteiger partial charge >= 0.3 is 0 Å². The average molecular weight is 318 g/mol. The summed E-state index contributed by atoms with van der Waals surface area (Å²) >= 11 is 12.3. The summed E-state index contributed by atoms with van der Waals surface area (Å²) in [5.74, 6) is 0. The van der Waals surface area contributed by atoms with Crippen LogP contribution in [0.25, 0.3) is 10.9 Å². The first-order valence-corrected chi connectivity index (χ1v) is 7.36. The van der Waals surface area contributed by atoms with E-state index in [1.54, 1.807) is 24.4 Å². The first-order chi connectivity index (χ1) is 10.1. The molecule has 0 spiro atoms. The third kappa shape index (κ3) is 3.03. The van der Waals surface area contributed by atoms with Gasteiger partial charge in [0.15, 0.2) is 0 Å². The number of halogens is 2. The topological polar surface area (TPSA) is 33.1 Å². The van der Waals surface area contributed by atoms with Crippen LogP contribution in [0, 0.1) is 0 Å². The molecule has 0 bridgehead atoms. The Bertz CT molecular complexity index is 768. The Morgan fingerprint density at radius 3 is 2.52 bits per heavy atom. The van der Waals surface area contributed by atoms with Crippen molar-refractivity contribution in [3.8, 4) is 0 Å². The second kappa shape index (κ2) is 6.02. The highest BCUT2D eigenvalue weighted by atomic mass is 35.5. The number of pyridine rings is 1. The highest BCUT2D eigenvalue weighted by molar-refractivity contribution is 6.36. The van der Waals surface area contributed by atoms with Gasteiger partial charge in [0.05, 0.1) is 11.6 Å². The molecular formula is C17H13Cl2NO. The first-order valence-electron chi connectivity index (χ1n) is 6.61. The van der Waals surface area contributed by atoms with Gasteiger partial charge in [0.1, 0.15) is 0 Å². The van der Waals surface area contributed by atoms with E-state index in [0.717, 1.165) is 22.0 Å². The van der Waals surface area contributed by atoms with Gasteiger partial charge in [0.25, 0.3) is 0 Å². The molecule has 1 atom stereocenters. The molecule has 1 aromatic heterocycles. The predicted octanol–water partition coefficient (Wildman–Crippen LogP) is 4.82. The first kappa shape index (κ1) is 14.3. The van der Waals surface area contributed by atoms with E-state index in [1.807, 2.05) is 30.3 Å². The van der Waals surface area contributed by atoms with Crippen molar-refractivity contribution in [3.05, 3.63) is 75.9 Å². The molecule has 0 amide bonds. The van der Waals surface area contributed by atoms with Crippen LogP contribution in [0.5, 0.6) is 0 Å². The van der Waals surface area contributed by atoms with Gasteiger partial charge < -0.3 is 5.11 Å². The molecule has 2 nitrogen and oxygen atoms in total. The van der Waals surface area contributed by atoms with Crippen molar-refractivity contribution in [2.45, 2.75) is 12.5 Å². The summed E-state index contributed by atoms with van der Waals surface area (Å²) in [6.07, 6.45) is 1.47. The van der Waals surface area contributed by atoms with Gasteiger partial charge in [-0.2, -0.15) is 0 Å². The van der Waals surface area contributed by atoms with Crippen molar-refractivity contribution < 1.29 is 5.11 Å². The smallest absolute Gasteiger partial charge is 0.0831 e. The Balaban J connectivity index is 1.91. The van der Waals surface area contributed by atoms with Gasteiger partial charge in [-0.3, -0.25) is 4.98 Å². The number of hydrogen-bond donors (Lipinski definition) is 1. The zero-order valence-electron chi connectivity index (χ0n) is 11.1. The maximum atomic E-state index is 10.4. The van der Waals surface area contributed by atoms with Gasteiger partial charge in [0.2, 0.25) is 0 Å². The lowest BCUT2D eigenvalue weighted by Gasteiger charge is -2.14. The Morgan fingerprint density at radius 2 is 1.76 bits per heavy atom. The van der Waals surface area contributed by atoms with Crippen molar-refractivity contribution in [1.29, 1.82) is 0 Å². The van der Waals surface area contributed by atoms with Crippen LogP contribution >= 0.6 is 23.2 Å². The van der Waals surface area contributed by atoms with Crippen LogP contribution in [0.2, 0.25) is 10.0 Å². The molecule has 0 radical (unpaired) electrons. The van der Waals surface area contributed by atoms with Crippen molar-refractivity contribution in [3.63, 3.8) is 0 Å². The molecule has 4 heteroatoms. The summed E-state index contributed by atoms with van der Waals surface area (Å²) in [4.78, 5) is 4.27.